The summed E-state index contributed by atoms with van der Waals surface area (Å²) >= 11 is 5.88. The molecule has 2 N–H and O–H groups in total. The lowest BCUT2D eigenvalue weighted by Crippen LogP contribution is -2.30. The Bertz CT molecular complexity index is 1600. The fourth-order valence-corrected chi connectivity index (χ4v) is 5.13. The molecular weight excluding hydrogens is 540 g/mol. The van der Waals surface area contributed by atoms with Gasteiger partial charge in [0.25, 0.3) is 5.69 Å². The number of pyridine rings is 1. The van der Waals surface area contributed by atoms with Crippen molar-refractivity contribution in [1.29, 1.82) is 0 Å². The molecule has 210 valence electrons. The number of hydrogen-bond acceptors (Lipinski definition) is 6. The van der Waals surface area contributed by atoms with Crippen molar-refractivity contribution in [2.75, 3.05) is 17.3 Å². The van der Waals surface area contributed by atoms with Gasteiger partial charge in [-0.25, -0.2) is 0 Å². The van der Waals surface area contributed by atoms with E-state index in [9.17, 15) is 14.9 Å². The maximum atomic E-state index is 12.7. The standard InChI is InChI=1S/C30H30N6O4S/c1-30(2,3)28(37)32-22-15-14-21(18-25(22)40-4)35-27(26(33-29(35)41)23-8-5-6-16-31-23)24-9-7-17-34(24)19-10-12-20(13-11-19)36(38)39/h5-18,26-27H,1-4H3,(H,32,37)(H,33,41). The number of thiocarbonyl (C=S) groups is 1. The molecule has 2 aromatic heterocycles. The zero-order chi connectivity index (χ0) is 29.3. The molecule has 10 nitrogen and oxygen atoms in total. The van der Waals surface area contributed by atoms with Gasteiger partial charge in [0.05, 0.1) is 29.5 Å². The predicted octanol–water partition coefficient (Wildman–Crippen LogP) is 5.95. The minimum Gasteiger partial charge on any atom is -0.494 e. The largest absolute Gasteiger partial charge is 0.494 e. The number of non-ortho nitro benzene ring substituents is 1. The molecule has 1 saturated heterocycles. The second kappa shape index (κ2) is 11.0. The van der Waals surface area contributed by atoms with Gasteiger partial charge in [-0.15, -0.1) is 0 Å². The Labute approximate surface area is 243 Å². The molecule has 0 radical (unpaired) electrons. The summed E-state index contributed by atoms with van der Waals surface area (Å²) in [5.74, 6) is 0.365. The Morgan fingerprint density at radius 3 is 2.44 bits per heavy atom. The molecule has 4 aromatic rings. The van der Waals surface area contributed by atoms with Gasteiger partial charge in [0.15, 0.2) is 5.11 Å². The van der Waals surface area contributed by atoms with Crippen molar-refractivity contribution in [2.24, 2.45) is 5.41 Å². The van der Waals surface area contributed by atoms with Gasteiger partial charge in [0.2, 0.25) is 5.91 Å². The zero-order valence-corrected chi connectivity index (χ0v) is 23.9. The number of carbonyl (C=O) groups excluding carboxylic acids is 1. The number of nitrogens with zero attached hydrogens (tertiary/aromatic N) is 4. The minimum absolute atomic E-state index is 0.0184. The highest BCUT2D eigenvalue weighted by Crippen LogP contribution is 2.44. The highest BCUT2D eigenvalue weighted by Gasteiger charge is 2.42. The molecule has 5 rings (SSSR count). The van der Waals surface area contributed by atoms with E-state index in [2.05, 4.69) is 15.6 Å². The van der Waals surface area contributed by atoms with Crippen LogP contribution in [0.2, 0.25) is 0 Å². The Hall–Kier alpha value is -4.77. The average Bonchev–Trinajstić information content (AvgIpc) is 3.57. The molecule has 0 aliphatic carbocycles. The van der Waals surface area contributed by atoms with Crippen LogP contribution in [0.1, 0.15) is 44.2 Å². The second-order valence-corrected chi connectivity index (χ2v) is 11.0. The smallest absolute Gasteiger partial charge is 0.269 e. The second-order valence-electron chi connectivity index (χ2n) is 10.7. The van der Waals surface area contributed by atoms with Crippen molar-refractivity contribution in [1.82, 2.24) is 14.9 Å². The van der Waals surface area contributed by atoms with Crippen molar-refractivity contribution in [3.63, 3.8) is 0 Å². The molecule has 1 amide bonds. The molecule has 0 spiro atoms. The predicted molar refractivity (Wildman–Crippen MR) is 161 cm³/mol. The fourth-order valence-electron chi connectivity index (χ4n) is 4.78. The first-order chi connectivity index (χ1) is 19.6. The number of nitro groups is 1. The van der Waals surface area contributed by atoms with Gasteiger partial charge >= 0.3 is 0 Å². The van der Waals surface area contributed by atoms with E-state index in [0.717, 1.165) is 22.8 Å². The van der Waals surface area contributed by atoms with Crippen molar-refractivity contribution in [3.8, 4) is 11.4 Å². The van der Waals surface area contributed by atoms with E-state index in [0.29, 0.717) is 16.5 Å². The van der Waals surface area contributed by atoms with Crippen molar-refractivity contribution in [3.05, 3.63) is 107 Å². The monoisotopic (exact) mass is 570 g/mol. The fraction of sp³-hybridized carbons (Fsp3) is 0.233. The number of hydrogen-bond donors (Lipinski definition) is 2. The first kappa shape index (κ1) is 27.8. The normalized spacial score (nSPS) is 16.8. The Morgan fingerprint density at radius 2 is 1.80 bits per heavy atom. The van der Waals surface area contributed by atoms with Crippen molar-refractivity contribution in [2.45, 2.75) is 32.9 Å². The lowest BCUT2D eigenvalue weighted by molar-refractivity contribution is -0.384. The number of anilines is 2. The number of ether oxygens (including phenoxy) is 1. The van der Waals surface area contributed by atoms with Crippen molar-refractivity contribution < 1.29 is 14.5 Å². The summed E-state index contributed by atoms with van der Waals surface area (Å²) in [7, 11) is 1.56. The van der Waals surface area contributed by atoms with Gasteiger partial charge < -0.3 is 24.8 Å². The van der Waals surface area contributed by atoms with Crippen LogP contribution in [0.15, 0.2) is 85.2 Å². The summed E-state index contributed by atoms with van der Waals surface area (Å²) < 4.78 is 7.67. The van der Waals surface area contributed by atoms with Crippen LogP contribution in [0.25, 0.3) is 5.69 Å². The molecule has 0 saturated carbocycles. The van der Waals surface area contributed by atoms with Crippen LogP contribution >= 0.6 is 12.2 Å². The number of nitrogens with one attached hydrogen (secondary N) is 2. The molecule has 1 fully saturated rings. The quantitative estimate of drug-likeness (QED) is 0.159. The number of amides is 1. The molecule has 41 heavy (non-hydrogen) atoms. The van der Waals surface area contributed by atoms with E-state index in [1.165, 1.54) is 12.1 Å². The number of carbonyl (C=O) groups is 1. The van der Waals surface area contributed by atoms with Gasteiger partial charge in [-0.1, -0.05) is 26.8 Å². The van der Waals surface area contributed by atoms with Crippen molar-refractivity contribution >= 4 is 40.3 Å². The maximum absolute atomic E-state index is 12.7. The number of aromatic nitrogens is 2. The number of nitro benzene ring substituents is 1. The third-order valence-corrected chi connectivity index (χ3v) is 7.23. The topological polar surface area (TPSA) is 115 Å². The summed E-state index contributed by atoms with van der Waals surface area (Å²) in [5, 5.41) is 18.1. The van der Waals surface area contributed by atoms with E-state index in [-0.39, 0.29) is 23.7 Å². The summed E-state index contributed by atoms with van der Waals surface area (Å²) in [6.45, 7) is 5.54. The molecule has 0 bridgehead atoms. The number of benzene rings is 2. The van der Waals surface area contributed by atoms with E-state index in [1.807, 2.05) is 78.9 Å². The van der Waals surface area contributed by atoms with Crippen LogP contribution in [0.3, 0.4) is 0 Å². The third-order valence-electron chi connectivity index (χ3n) is 6.91. The van der Waals surface area contributed by atoms with Crippen LogP contribution in [0.5, 0.6) is 5.75 Å². The summed E-state index contributed by atoms with van der Waals surface area (Å²) in [5.41, 5.74) is 3.23. The Balaban J connectivity index is 1.60. The minimum atomic E-state index is -0.575. The summed E-state index contributed by atoms with van der Waals surface area (Å²) in [4.78, 5) is 30.1. The van der Waals surface area contributed by atoms with E-state index >= 15 is 0 Å². The van der Waals surface area contributed by atoms with Crippen LogP contribution < -0.4 is 20.3 Å². The number of methoxy groups -OCH3 is 1. The molecule has 2 atom stereocenters. The van der Waals surface area contributed by atoms with Crippen LogP contribution in [-0.4, -0.2) is 32.6 Å². The molecule has 11 heteroatoms. The van der Waals surface area contributed by atoms with Gasteiger partial charge in [0, 0.05) is 53.1 Å². The first-order valence-electron chi connectivity index (χ1n) is 13.0. The Kier molecular flexibility index (Phi) is 7.46. The molecule has 1 aliphatic rings. The molecule has 1 aliphatic heterocycles. The van der Waals surface area contributed by atoms with Gasteiger partial charge in [0.1, 0.15) is 11.8 Å². The lowest BCUT2D eigenvalue weighted by atomic mass is 9.95. The third kappa shape index (κ3) is 5.48. The van der Waals surface area contributed by atoms with Gasteiger partial charge in [-0.2, -0.15) is 0 Å². The Morgan fingerprint density at radius 1 is 1.07 bits per heavy atom. The molecule has 3 heterocycles. The van der Waals surface area contributed by atoms with E-state index < -0.39 is 10.3 Å². The highest BCUT2D eigenvalue weighted by molar-refractivity contribution is 7.80. The summed E-state index contributed by atoms with van der Waals surface area (Å²) in [6, 6.07) is 21.0. The number of rotatable bonds is 7. The van der Waals surface area contributed by atoms with E-state index in [4.69, 9.17) is 17.0 Å². The maximum Gasteiger partial charge on any atom is 0.269 e. The van der Waals surface area contributed by atoms with Crippen LogP contribution in [0, 0.1) is 15.5 Å². The lowest BCUT2D eigenvalue weighted by Gasteiger charge is -2.29. The average molecular weight is 571 g/mol. The molecular formula is C30H30N6O4S. The van der Waals surface area contributed by atoms with Crippen LogP contribution in [-0.2, 0) is 4.79 Å². The molecule has 2 aromatic carbocycles. The zero-order valence-electron chi connectivity index (χ0n) is 23.1. The highest BCUT2D eigenvalue weighted by atomic mass is 32.1. The first-order valence-corrected chi connectivity index (χ1v) is 13.4. The van der Waals surface area contributed by atoms with Crippen LogP contribution in [0.4, 0.5) is 17.1 Å². The van der Waals surface area contributed by atoms with Gasteiger partial charge in [-0.3, -0.25) is 19.9 Å². The van der Waals surface area contributed by atoms with E-state index in [1.54, 1.807) is 31.5 Å². The SMILES string of the molecule is COc1cc(N2C(=S)NC(c3ccccn3)C2c2cccn2-c2ccc([N+](=O)[O-])cc2)ccc1NC(=O)C(C)(C)C. The summed E-state index contributed by atoms with van der Waals surface area (Å²) in [6.07, 6.45) is 3.65. The van der Waals surface area contributed by atoms with Gasteiger partial charge in [-0.05, 0) is 60.7 Å². The molecule has 2 unspecified atom stereocenters.